The van der Waals surface area contributed by atoms with Gasteiger partial charge in [0.1, 0.15) is 5.76 Å². The SMILES string of the molecule is CCCCCCC(/C=N/N=C/c1ccco1)=C\c1ccccc1. The van der Waals surface area contributed by atoms with Crippen molar-refractivity contribution in [3.05, 3.63) is 65.6 Å². The van der Waals surface area contributed by atoms with Crippen LogP contribution in [0.5, 0.6) is 0 Å². The fraction of sp³-hybridized carbons (Fsp3) is 0.300. The van der Waals surface area contributed by atoms with Crippen LogP contribution in [0, 0.1) is 0 Å². The molecule has 23 heavy (non-hydrogen) atoms. The van der Waals surface area contributed by atoms with Crippen molar-refractivity contribution < 1.29 is 4.42 Å². The van der Waals surface area contributed by atoms with Gasteiger partial charge in [0, 0.05) is 0 Å². The first-order valence-electron chi connectivity index (χ1n) is 8.24. The van der Waals surface area contributed by atoms with Crippen LogP contribution in [0.2, 0.25) is 0 Å². The standard InChI is InChI=1S/C20H24N2O/c1-2-3-4-6-12-19(15-18-10-7-5-8-11-18)16-21-22-17-20-13-9-14-23-20/h5,7-11,13-17H,2-4,6,12H2,1H3/b19-15+,21-16+,22-17+. The van der Waals surface area contributed by atoms with E-state index in [-0.39, 0.29) is 0 Å². The summed E-state index contributed by atoms with van der Waals surface area (Å²) in [6.07, 6.45) is 13.3. The van der Waals surface area contributed by atoms with E-state index in [0.717, 1.165) is 6.42 Å². The lowest BCUT2D eigenvalue weighted by Gasteiger charge is -2.02. The van der Waals surface area contributed by atoms with Gasteiger partial charge in [0.05, 0.1) is 18.7 Å². The molecule has 0 bridgehead atoms. The van der Waals surface area contributed by atoms with Crippen LogP contribution in [0.15, 0.2) is 68.9 Å². The van der Waals surface area contributed by atoms with Gasteiger partial charge in [0.25, 0.3) is 0 Å². The Morgan fingerprint density at radius 1 is 1.00 bits per heavy atom. The Hall–Kier alpha value is -2.42. The Morgan fingerprint density at radius 2 is 1.87 bits per heavy atom. The summed E-state index contributed by atoms with van der Waals surface area (Å²) in [5.41, 5.74) is 2.39. The van der Waals surface area contributed by atoms with E-state index < -0.39 is 0 Å². The number of furan rings is 1. The lowest BCUT2D eigenvalue weighted by Crippen LogP contribution is -1.87. The van der Waals surface area contributed by atoms with Gasteiger partial charge in [-0.2, -0.15) is 10.2 Å². The first kappa shape index (κ1) is 16.9. The molecule has 0 unspecified atom stereocenters. The minimum absolute atomic E-state index is 0.707. The molecule has 120 valence electrons. The summed E-state index contributed by atoms with van der Waals surface area (Å²) in [6.45, 7) is 2.23. The van der Waals surface area contributed by atoms with E-state index in [9.17, 15) is 0 Å². The van der Waals surface area contributed by atoms with Crippen LogP contribution in [0.1, 0.15) is 50.4 Å². The molecule has 0 saturated carbocycles. The number of unbranched alkanes of at least 4 members (excludes halogenated alkanes) is 3. The van der Waals surface area contributed by atoms with Crippen molar-refractivity contribution in [1.82, 2.24) is 0 Å². The molecule has 0 N–H and O–H groups in total. The minimum Gasteiger partial charge on any atom is -0.463 e. The highest BCUT2D eigenvalue weighted by Gasteiger charge is 1.96. The number of nitrogens with zero attached hydrogens (tertiary/aromatic N) is 2. The number of benzene rings is 1. The van der Waals surface area contributed by atoms with Gasteiger partial charge in [0.15, 0.2) is 0 Å². The molecule has 2 aromatic rings. The Kier molecular flexibility index (Phi) is 7.61. The first-order valence-corrected chi connectivity index (χ1v) is 8.24. The second-order valence-electron chi connectivity index (χ2n) is 5.45. The van der Waals surface area contributed by atoms with E-state index in [2.05, 4.69) is 35.3 Å². The number of hydrogen-bond acceptors (Lipinski definition) is 3. The molecule has 0 fully saturated rings. The highest BCUT2D eigenvalue weighted by atomic mass is 16.3. The molecule has 0 spiro atoms. The van der Waals surface area contributed by atoms with Crippen molar-refractivity contribution >= 4 is 18.5 Å². The zero-order chi connectivity index (χ0) is 16.2. The van der Waals surface area contributed by atoms with Crippen LogP contribution < -0.4 is 0 Å². The van der Waals surface area contributed by atoms with Crippen molar-refractivity contribution in [3.63, 3.8) is 0 Å². The van der Waals surface area contributed by atoms with Gasteiger partial charge in [-0.05, 0) is 36.1 Å². The van der Waals surface area contributed by atoms with Crippen LogP contribution in [-0.2, 0) is 0 Å². The molecular formula is C20H24N2O. The van der Waals surface area contributed by atoms with Crippen LogP contribution in [0.25, 0.3) is 6.08 Å². The van der Waals surface area contributed by atoms with Gasteiger partial charge in [-0.15, -0.1) is 0 Å². The van der Waals surface area contributed by atoms with Crippen molar-refractivity contribution in [2.75, 3.05) is 0 Å². The van der Waals surface area contributed by atoms with E-state index in [1.165, 1.54) is 36.8 Å². The summed E-state index contributed by atoms with van der Waals surface area (Å²) < 4.78 is 5.19. The Balaban J connectivity index is 1.99. The van der Waals surface area contributed by atoms with Crippen molar-refractivity contribution in [1.29, 1.82) is 0 Å². The van der Waals surface area contributed by atoms with E-state index >= 15 is 0 Å². The predicted molar refractivity (Wildman–Crippen MR) is 98.0 cm³/mol. The van der Waals surface area contributed by atoms with Gasteiger partial charge in [-0.25, -0.2) is 0 Å². The third kappa shape index (κ3) is 6.92. The number of allylic oxidation sites excluding steroid dienone is 1. The predicted octanol–water partition coefficient (Wildman–Crippen LogP) is 5.74. The van der Waals surface area contributed by atoms with Gasteiger partial charge in [-0.1, -0.05) is 62.6 Å². The molecule has 1 heterocycles. The largest absolute Gasteiger partial charge is 0.463 e. The molecule has 0 aliphatic heterocycles. The second kappa shape index (κ2) is 10.3. The molecule has 3 heteroatoms. The zero-order valence-electron chi connectivity index (χ0n) is 13.7. The zero-order valence-corrected chi connectivity index (χ0v) is 13.7. The smallest absolute Gasteiger partial charge is 0.146 e. The molecule has 0 amide bonds. The van der Waals surface area contributed by atoms with E-state index in [1.54, 1.807) is 12.5 Å². The summed E-state index contributed by atoms with van der Waals surface area (Å²) in [5, 5.41) is 8.21. The lowest BCUT2D eigenvalue weighted by atomic mass is 10.0. The summed E-state index contributed by atoms with van der Waals surface area (Å²) in [6, 6.07) is 14.0. The van der Waals surface area contributed by atoms with Crippen LogP contribution in [0.4, 0.5) is 0 Å². The molecule has 0 saturated heterocycles. The van der Waals surface area contributed by atoms with Gasteiger partial charge in [-0.3, -0.25) is 0 Å². The molecule has 0 radical (unpaired) electrons. The van der Waals surface area contributed by atoms with Crippen LogP contribution in [-0.4, -0.2) is 12.4 Å². The molecule has 0 aliphatic rings. The average molecular weight is 308 g/mol. The molecule has 0 aliphatic carbocycles. The lowest BCUT2D eigenvalue weighted by molar-refractivity contribution is 0.560. The topological polar surface area (TPSA) is 37.9 Å². The third-order valence-electron chi connectivity index (χ3n) is 3.49. The summed E-state index contributed by atoms with van der Waals surface area (Å²) in [7, 11) is 0. The third-order valence-corrected chi connectivity index (χ3v) is 3.49. The maximum Gasteiger partial charge on any atom is 0.146 e. The van der Waals surface area contributed by atoms with E-state index in [1.807, 2.05) is 36.5 Å². The summed E-state index contributed by atoms with van der Waals surface area (Å²) >= 11 is 0. The Labute approximate surface area is 138 Å². The molecule has 1 aromatic heterocycles. The summed E-state index contributed by atoms with van der Waals surface area (Å²) in [5.74, 6) is 0.707. The van der Waals surface area contributed by atoms with Gasteiger partial charge < -0.3 is 4.42 Å². The number of rotatable bonds is 9. The monoisotopic (exact) mass is 308 g/mol. The average Bonchev–Trinajstić information content (AvgIpc) is 3.09. The van der Waals surface area contributed by atoms with Crippen molar-refractivity contribution in [2.45, 2.75) is 39.0 Å². The van der Waals surface area contributed by atoms with Crippen LogP contribution >= 0.6 is 0 Å². The number of hydrogen-bond donors (Lipinski definition) is 0. The fourth-order valence-electron chi connectivity index (χ4n) is 2.26. The molecule has 1 aromatic carbocycles. The minimum atomic E-state index is 0.707. The normalized spacial score (nSPS) is 12.5. The second-order valence-corrected chi connectivity index (χ2v) is 5.45. The first-order chi connectivity index (χ1) is 11.4. The Bertz CT molecular complexity index is 625. The molecule has 2 rings (SSSR count). The maximum absolute atomic E-state index is 5.19. The van der Waals surface area contributed by atoms with Gasteiger partial charge in [0.2, 0.25) is 0 Å². The van der Waals surface area contributed by atoms with Crippen LogP contribution in [0.3, 0.4) is 0 Å². The van der Waals surface area contributed by atoms with Gasteiger partial charge >= 0.3 is 0 Å². The van der Waals surface area contributed by atoms with E-state index in [4.69, 9.17) is 4.42 Å². The van der Waals surface area contributed by atoms with E-state index in [0.29, 0.717) is 5.76 Å². The molecule has 0 atom stereocenters. The highest BCUT2D eigenvalue weighted by molar-refractivity contribution is 5.86. The molecule has 3 nitrogen and oxygen atoms in total. The Morgan fingerprint density at radius 3 is 2.61 bits per heavy atom. The van der Waals surface area contributed by atoms with Crippen molar-refractivity contribution in [3.8, 4) is 0 Å². The summed E-state index contributed by atoms with van der Waals surface area (Å²) in [4.78, 5) is 0. The van der Waals surface area contributed by atoms with Crippen molar-refractivity contribution in [2.24, 2.45) is 10.2 Å². The highest BCUT2D eigenvalue weighted by Crippen LogP contribution is 2.13. The maximum atomic E-state index is 5.19. The quantitative estimate of drug-likeness (QED) is 0.331. The fourth-order valence-corrected chi connectivity index (χ4v) is 2.26. The molecular weight excluding hydrogens is 284 g/mol.